The van der Waals surface area contributed by atoms with E-state index in [0.717, 1.165) is 16.6 Å². The number of nitrogens with one attached hydrogen (secondary N) is 1. The molecule has 1 aliphatic rings. The van der Waals surface area contributed by atoms with Gasteiger partial charge in [-0.3, -0.25) is 0 Å². The van der Waals surface area contributed by atoms with Gasteiger partial charge in [0.1, 0.15) is 0 Å². The van der Waals surface area contributed by atoms with E-state index < -0.39 is 0 Å². The minimum absolute atomic E-state index is 0.645. The number of pyridine rings is 1. The van der Waals surface area contributed by atoms with E-state index >= 15 is 0 Å². The van der Waals surface area contributed by atoms with Gasteiger partial charge < -0.3 is 5.32 Å². The van der Waals surface area contributed by atoms with Crippen molar-refractivity contribution in [2.45, 2.75) is 37.3 Å². The quantitative estimate of drug-likeness (QED) is 0.773. The van der Waals surface area contributed by atoms with E-state index in [1.54, 1.807) is 11.8 Å². The number of hydrogen-bond acceptors (Lipinski definition) is 3. The van der Waals surface area contributed by atoms with Gasteiger partial charge in [0.25, 0.3) is 0 Å². The Hall–Kier alpha value is -0.700. The Morgan fingerprint density at radius 2 is 2.33 bits per heavy atom. The van der Waals surface area contributed by atoms with Crippen molar-refractivity contribution in [3.8, 4) is 0 Å². The molecule has 1 N–H and O–H groups in total. The predicted molar refractivity (Wildman–Crippen MR) is 66.4 cm³/mol. The molecule has 0 spiro atoms. The number of hydrogen-bond donors (Lipinski definition) is 1. The Morgan fingerprint density at radius 3 is 2.80 bits per heavy atom. The van der Waals surface area contributed by atoms with Crippen LogP contribution in [-0.4, -0.2) is 17.3 Å². The lowest BCUT2D eigenvalue weighted by atomic mass is 10.1. The lowest BCUT2D eigenvalue weighted by molar-refractivity contribution is 0.616. The highest BCUT2D eigenvalue weighted by Crippen LogP contribution is 2.35. The monoisotopic (exact) mass is 222 g/mol. The summed E-state index contributed by atoms with van der Waals surface area (Å²) in [5, 5.41) is 4.65. The molecular weight excluding hydrogens is 204 g/mol. The van der Waals surface area contributed by atoms with Crippen molar-refractivity contribution in [1.82, 2.24) is 4.98 Å². The van der Waals surface area contributed by atoms with Crippen LogP contribution in [0.1, 0.15) is 26.2 Å². The fourth-order valence-corrected chi connectivity index (χ4v) is 2.21. The van der Waals surface area contributed by atoms with Gasteiger partial charge in [-0.05, 0) is 43.6 Å². The molecule has 1 unspecified atom stereocenters. The number of rotatable bonds is 5. The summed E-state index contributed by atoms with van der Waals surface area (Å²) in [5.41, 5.74) is 1.16. The first-order chi connectivity index (χ1) is 7.33. The van der Waals surface area contributed by atoms with Crippen LogP contribution in [0.2, 0.25) is 0 Å². The minimum atomic E-state index is 0.645. The summed E-state index contributed by atoms with van der Waals surface area (Å²) in [4.78, 5) is 4.36. The van der Waals surface area contributed by atoms with Crippen LogP contribution >= 0.6 is 11.8 Å². The first-order valence-corrected chi connectivity index (χ1v) is 6.82. The molecule has 82 valence electrons. The molecule has 0 aliphatic heterocycles. The lowest BCUT2D eigenvalue weighted by Crippen LogP contribution is -2.20. The maximum absolute atomic E-state index is 4.36. The first-order valence-electron chi connectivity index (χ1n) is 5.60. The second kappa shape index (κ2) is 4.88. The van der Waals surface area contributed by atoms with Crippen LogP contribution in [0.5, 0.6) is 0 Å². The number of anilines is 1. The van der Waals surface area contributed by atoms with Crippen molar-refractivity contribution in [2.75, 3.05) is 11.6 Å². The smallest absolute Gasteiger partial charge is 0.0958 e. The highest BCUT2D eigenvalue weighted by Gasteiger charge is 2.29. The van der Waals surface area contributed by atoms with Crippen molar-refractivity contribution < 1.29 is 0 Å². The molecule has 1 aliphatic carbocycles. The standard InChI is InChI=1S/C12H18N2S/c1-3-11(9-4-5-9)14-10-6-7-12(15-2)13-8-10/h6-9,11,14H,3-5H2,1-2H3. The van der Waals surface area contributed by atoms with Crippen molar-refractivity contribution >= 4 is 17.4 Å². The average Bonchev–Trinajstić information content (AvgIpc) is 3.10. The second-order valence-corrected chi connectivity index (χ2v) is 4.91. The molecule has 15 heavy (non-hydrogen) atoms. The van der Waals surface area contributed by atoms with Gasteiger partial charge >= 0.3 is 0 Å². The molecule has 1 heterocycles. The Morgan fingerprint density at radius 1 is 1.53 bits per heavy atom. The second-order valence-electron chi connectivity index (χ2n) is 4.09. The Bertz CT molecular complexity index is 306. The Balaban J connectivity index is 1.96. The van der Waals surface area contributed by atoms with Gasteiger partial charge in [0.15, 0.2) is 0 Å². The highest BCUT2D eigenvalue weighted by atomic mass is 32.2. The zero-order chi connectivity index (χ0) is 10.7. The molecule has 1 saturated carbocycles. The fraction of sp³-hybridized carbons (Fsp3) is 0.583. The number of thioether (sulfide) groups is 1. The fourth-order valence-electron chi connectivity index (χ4n) is 1.85. The van der Waals surface area contributed by atoms with Crippen LogP contribution in [0.3, 0.4) is 0 Å². The molecule has 1 atom stereocenters. The average molecular weight is 222 g/mol. The summed E-state index contributed by atoms with van der Waals surface area (Å²) in [7, 11) is 0. The van der Waals surface area contributed by atoms with E-state index in [4.69, 9.17) is 0 Å². The minimum Gasteiger partial charge on any atom is -0.381 e. The van der Waals surface area contributed by atoms with Gasteiger partial charge in [-0.2, -0.15) is 0 Å². The van der Waals surface area contributed by atoms with Crippen LogP contribution in [0, 0.1) is 5.92 Å². The molecule has 0 radical (unpaired) electrons. The molecular formula is C12H18N2S. The summed E-state index contributed by atoms with van der Waals surface area (Å²) in [5.74, 6) is 0.898. The van der Waals surface area contributed by atoms with E-state index in [1.165, 1.54) is 19.3 Å². The molecule has 0 bridgehead atoms. The zero-order valence-corrected chi connectivity index (χ0v) is 10.2. The van der Waals surface area contributed by atoms with E-state index in [9.17, 15) is 0 Å². The van der Waals surface area contributed by atoms with Crippen molar-refractivity contribution in [2.24, 2.45) is 5.92 Å². The maximum Gasteiger partial charge on any atom is 0.0958 e. The topological polar surface area (TPSA) is 24.9 Å². The summed E-state index contributed by atoms with van der Waals surface area (Å²) >= 11 is 1.68. The molecule has 0 saturated heterocycles. The Kier molecular flexibility index (Phi) is 3.52. The highest BCUT2D eigenvalue weighted by molar-refractivity contribution is 7.98. The van der Waals surface area contributed by atoms with Crippen molar-refractivity contribution in [1.29, 1.82) is 0 Å². The molecule has 1 aromatic rings. The summed E-state index contributed by atoms with van der Waals surface area (Å²) < 4.78 is 0. The molecule has 2 rings (SSSR count). The van der Waals surface area contributed by atoms with E-state index in [1.807, 2.05) is 6.20 Å². The third-order valence-electron chi connectivity index (χ3n) is 2.93. The molecule has 3 heteroatoms. The number of nitrogens with zero attached hydrogens (tertiary/aromatic N) is 1. The van der Waals surface area contributed by atoms with Crippen LogP contribution in [-0.2, 0) is 0 Å². The SMILES string of the molecule is CCC(Nc1ccc(SC)nc1)C1CC1. The first kappa shape index (κ1) is 10.8. The van der Waals surface area contributed by atoms with Crippen molar-refractivity contribution in [3.63, 3.8) is 0 Å². The van der Waals surface area contributed by atoms with Crippen LogP contribution < -0.4 is 5.32 Å². The number of aromatic nitrogens is 1. The van der Waals surface area contributed by atoms with Crippen LogP contribution in [0.4, 0.5) is 5.69 Å². The van der Waals surface area contributed by atoms with Gasteiger partial charge in [-0.1, -0.05) is 6.92 Å². The Labute approximate surface area is 95.9 Å². The molecule has 0 amide bonds. The van der Waals surface area contributed by atoms with Gasteiger partial charge in [0.05, 0.1) is 16.9 Å². The summed E-state index contributed by atoms with van der Waals surface area (Å²) in [6.07, 6.45) is 7.98. The predicted octanol–water partition coefficient (Wildman–Crippen LogP) is 3.40. The van der Waals surface area contributed by atoms with E-state index in [2.05, 4.69) is 35.6 Å². The van der Waals surface area contributed by atoms with Gasteiger partial charge in [0, 0.05) is 6.04 Å². The zero-order valence-electron chi connectivity index (χ0n) is 9.36. The maximum atomic E-state index is 4.36. The van der Waals surface area contributed by atoms with E-state index in [0.29, 0.717) is 6.04 Å². The lowest BCUT2D eigenvalue weighted by Gasteiger charge is -2.17. The molecule has 0 aromatic carbocycles. The van der Waals surface area contributed by atoms with Crippen LogP contribution in [0.25, 0.3) is 0 Å². The molecule has 1 aromatic heterocycles. The molecule has 2 nitrogen and oxygen atoms in total. The molecule has 1 fully saturated rings. The third kappa shape index (κ3) is 2.88. The van der Waals surface area contributed by atoms with Gasteiger partial charge in [-0.15, -0.1) is 11.8 Å². The summed E-state index contributed by atoms with van der Waals surface area (Å²) in [6.45, 7) is 2.25. The van der Waals surface area contributed by atoms with Crippen molar-refractivity contribution in [3.05, 3.63) is 18.3 Å². The van der Waals surface area contributed by atoms with E-state index in [-0.39, 0.29) is 0 Å². The third-order valence-corrected chi connectivity index (χ3v) is 3.59. The largest absolute Gasteiger partial charge is 0.381 e. The van der Waals surface area contributed by atoms with Crippen LogP contribution in [0.15, 0.2) is 23.4 Å². The normalized spacial score (nSPS) is 17.5. The van der Waals surface area contributed by atoms with Gasteiger partial charge in [0.2, 0.25) is 0 Å². The van der Waals surface area contributed by atoms with Gasteiger partial charge in [-0.25, -0.2) is 4.98 Å². The summed E-state index contributed by atoms with van der Waals surface area (Å²) in [6, 6.07) is 4.85.